The van der Waals surface area contributed by atoms with Gasteiger partial charge in [0.15, 0.2) is 17.6 Å². The lowest BCUT2D eigenvalue weighted by molar-refractivity contribution is -0.137. The van der Waals surface area contributed by atoms with Crippen molar-refractivity contribution in [1.82, 2.24) is 9.55 Å². The van der Waals surface area contributed by atoms with Gasteiger partial charge in [0.2, 0.25) is 0 Å². The maximum atomic E-state index is 10.8. The van der Waals surface area contributed by atoms with Gasteiger partial charge in [0.1, 0.15) is 29.9 Å². The second-order valence-electron chi connectivity index (χ2n) is 8.13. The zero-order chi connectivity index (χ0) is 25.5. The number of fused-ring (bicyclic) bond motifs is 1. The molecule has 0 amide bonds. The van der Waals surface area contributed by atoms with Crippen LogP contribution in [-0.4, -0.2) is 54.3 Å². The van der Waals surface area contributed by atoms with Crippen molar-refractivity contribution in [2.24, 2.45) is 5.16 Å². The van der Waals surface area contributed by atoms with E-state index in [1.807, 2.05) is 47.2 Å². The molecule has 0 radical (unpaired) electrons. The van der Waals surface area contributed by atoms with Crippen LogP contribution in [0.15, 0.2) is 60.3 Å². The minimum atomic E-state index is -0.829. The normalized spacial score (nSPS) is 17.7. The highest BCUT2D eigenvalue weighted by Crippen LogP contribution is 2.44. The first-order chi connectivity index (χ1) is 17.5. The molecule has 2 heterocycles. The fraction of sp³-hybridized carbons (Fsp3) is 0.346. The Kier molecular flexibility index (Phi) is 7.94. The number of aliphatic carboxylic acids is 1. The van der Waals surface area contributed by atoms with E-state index in [-0.39, 0.29) is 13.0 Å². The first-order valence-corrected chi connectivity index (χ1v) is 11.5. The maximum absolute atomic E-state index is 10.8. The van der Waals surface area contributed by atoms with E-state index in [9.17, 15) is 4.79 Å². The number of imidazole rings is 1. The van der Waals surface area contributed by atoms with Crippen LogP contribution >= 0.6 is 0 Å². The second-order valence-corrected chi connectivity index (χ2v) is 8.13. The number of rotatable bonds is 11. The van der Waals surface area contributed by atoms with E-state index in [1.54, 1.807) is 33.9 Å². The Balaban J connectivity index is 1.76. The number of aromatic nitrogens is 2. The second kappa shape index (κ2) is 11.5. The van der Waals surface area contributed by atoms with E-state index in [4.69, 9.17) is 28.9 Å². The fourth-order valence-corrected chi connectivity index (χ4v) is 4.12. The average molecular weight is 496 g/mol. The van der Waals surface area contributed by atoms with Gasteiger partial charge in [0.25, 0.3) is 0 Å². The van der Waals surface area contributed by atoms with Gasteiger partial charge in [0, 0.05) is 24.4 Å². The smallest absolute Gasteiger partial charge is 0.303 e. The number of carboxylic acids is 1. The summed E-state index contributed by atoms with van der Waals surface area (Å²) in [5.41, 5.74) is 2.21. The number of benzene rings is 2. The van der Waals surface area contributed by atoms with Gasteiger partial charge in [-0.2, -0.15) is 0 Å². The molecule has 1 aliphatic heterocycles. The van der Waals surface area contributed by atoms with Gasteiger partial charge in [-0.25, -0.2) is 4.98 Å². The number of hydrogen-bond acceptors (Lipinski definition) is 8. The van der Waals surface area contributed by atoms with Gasteiger partial charge < -0.3 is 33.5 Å². The highest BCUT2D eigenvalue weighted by molar-refractivity contribution is 6.07. The van der Waals surface area contributed by atoms with Crippen molar-refractivity contribution in [3.63, 3.8) is 0 Å². The summed E-state index contributed by atoms with van der Waals surface area (Å²) in [7, 11) is 4.77. The lowest BCUT2D eigenvalue weighted by Gasteiger charge is -2.35. The number of unbranched alkanes of at least 4 members (excludes halogenated alkanes) is 1. The third-order valence-electron chi connectivity index (χ3n) is 5.90. The van der Waals surface area contributed by atoms with E-state index in [1.165, 1.54) is 0 Å². The lowest BCUT2D eigenvalue weighted by Crippen LogP contribution is -2.34. The minimum absolute atomic E-state index is 0.0901. The number of ether oxygens (including phenoxy) is 4. The van der Waals surface area contributed by atoms with Crippen molar-refractivity contribution in [1.29, 1.82) is 0 Å². The molecule has 4 rings (SSSR count). The Morgan fingerprint density at radius 2 is 1.92 bits per heavy atom. The molecule has 36 heavy (non-hydrogen) atoms. The minimum Gasteiger partial charge on any atom is -0.497 e. The topological polar surface area (TPSA) is 114 Å². The van der Waals surface area contributed by atoms with Crippen molar-refractivity contribution < 1.29 is 33.7 Å². The number of oxime groups is 1. The molecule has 1 aliphatic rings. The molecule has 0 aliphatic carbocycles. The van der Waals surface area contributed by atoms with E-state index in [0.29, 0.717) is 41.6 Å². The van der Waals surface area contributed by atoms with Crippen LogP contribution in [0.25, 0.3) is 0 Å². The molecular formula is C26H29N3O7. The molecule has 2 unspecified atom stereocenters. The van der Waals surface area contributed by atoms with Crippen molar-refractivity contribution in [2.75, 3.05) is 27.9 Å². The number of nitrogens with zero attached hydrogens (tertiary/aromatic N) is 3. The van der Waals surface area contributed by atoms with Gasteiger partial charge in [-0.15, -0.1) is 0 Å². The van der Waals surface area contributed by atoms with E-state index in [2.05, 4.69) is 10.1 Å². The quantitative estimate of drug-likeness (QED) is 0.310. The maximum Gasteiger partial charge on any atom is 0.303 e. The number of carbonyl (C=O) groups is 1. The van der Waals surface area contributed by atoms with E-state index >= 15 is 0 Å². The van der Waals surface area contributed by atoms with Crippen molar-refractivity contribution in [3.8, 4) is 23.0 Å². The molecule has 0 saturated heterocycles. The zero-order valence-corrected chi connectivity index (χ0v) is 20.4. The average Bonchev–Trinajstić information content (AvgIpc) is 3.43. The Morgan fingerprint density at radius 1 is 1.08 bits per heavy atom. The number of methoxy groups -OCH3 is 3. The van der Waals surface area contributed by atoms with Crippen LogP contribution in [0, 0.1) is 0 Å². The zero-order valence-electron chi connectivity index (χ0n) is 20.4. The van der Waals surface area contributed by atoms with Gasteiger partial charge in [-0.05, 0) is 48.7 Å². The highest BCUT2D eigenvalue weighted by Gasteiger charge is 2.39. The standard InChI is InChI=1S/C26H29N3O7/c1-32-18-8-10-20-19(15-18)24(28-35-13-5-4-6-23(30)31)25(29-12-11-27-16-29)26(36-20)17-7-9-21(33-2)22(14-17)34-3/h7-12,14-16,25-26H,4-6,13H2,1-3H3,(H,30,31)/b28-24+. The molecule has 0 spiro atoms. The summed E-state index contributed by atoms with van der Waals surface area (Å²) in [6, 6.07) is 10.7. The molecule has 10 nitrogen and oxygen atoms in total. The Labute approximate surface area is 209 Å². The molecule has 190 valence electrons. The SMILES string of the molecule is COc1ccc2c(c1)/C(=N\OCCCCC(=O)O)C(n1ccnc1)C(c1ccc(OC)c(OC)c1)O2. The van der Waals surface area contributed by atoms with Crippen molar-refractivity contribution in [3.05, 3.63) is 66.2 Å². The third-order valence-corrected chi connectivity index (χ3v) is 5.90. The number of carboxylic acid groups (broad SMARTS) is 1. The van der Waals surface area contributed by atoms with Crippen molar-refractivity contribution >= 4 is 11.7 Å². The molecule has 2 aromatic carbocycles. The first kappa shape index (κ1) is 24.9. The van der Waals surface area contributed by atoms with Crippen LogP contribution in [0.2, 0.25) is 0 Å². The molecule has 1 N–H and O–H groups in total. The van der Waals surface area contributed by atoms with E-state index in [0.717, 1.165) is 11.1 Å². The monoisotopic (exact) mass is 495 g/mol. The van der Waals surface area contributed by atoms with Crippen LogP contribution in [0.4, 0.5) is 0 Å². The molecule has 0 saturated carbocycles. The van der Waals surface area contributed by atoms with E-state index < -0.39 is 18.1 Å². The first-order valence-electron chi connectivity index (χ1n) is 11.5. The molecule has 0 bridgehead atoms. The predicted molar refractivity (Wildman–Crippen MR) is 131 cm³/mol. The summed E-state index contributed by atoms with van der Waals surface area (Å²) >= 11 is 0. The third kappa shape index (κ3) is 5.37. The molecule has 2 atom stereocenters. The lowest BCUT2D eigenvalue weighted by atomic mass is 9.90. The molecule has 0 fully saturated rings. The van der Waals surface area contributed by atoms with Crippen LogP contribution in [0.5, 0.6) is 23.0 Å². The molecular weight excluding hydrogens is 466 g/mol. The van der Waals surface area contributed by atoms with Crippen LogP contribution in [-0.2, 0) is 9.63 Å². The Bertz CT molecular complexity index is 1210. The highest BCUT2D eigenvalue weighted by atomic mass is 16.6. The Morgan fingerprint density at radius 3 is 2.61 bits per heavy atom. The summed E-state index contributed by atoms with van der Waals surface area (Å²) in [6.07, 6.45) is 5.91. The Hall–Kier alpha value is -4.21. The summed E-state index contributed by atoms with van der Waals surface area (Å²) < 4.78 is 24.8. The van der Waals surface area contributed by atoms with Gasteiger partial charge in [0.05, 0.1) is 27.7 Å². The summed E-state index contributed by atoms with van der Waals surface area (Å²) in [5, 5.41) is 13.4. The van der Waals surface area contributed by atoms with Crippen LogP contribution in [0.1, 0.15) is 42.5 Å². The molecule has 1 aromatic heterocycles. The van der Waals surface area contributed by atoms with Gasteiger partial charge in [-0.1, -0.05) is 11.2 Å². The van der Waals surface area contributed by atoms with Gasteiger partial charge in [-0.3, -0.25) is 4.79 Å². The molecule has 10 heteroatoms. The summed E-state index contributed by atoms with van der Waals surface area (Å²) in [6.45, 7) is 0.286. The van der Waals surface area contributed by atoms with Crippen LogP contribution in [0.3, 0.4) is 0 Å². The van der Waals surface area contributed by atoms with Crippen LogP contribution < -0.4 is 18.9 Å². The number of hydrogen-bond donors (Lipinski definition) is 1. The summed E-state index contributed by atoms with van der Waals surface area (Å²) in [4.78, 5) is 20.7. The summed E-state index contributed by atoms with van der Waals surface area (Å²) in [5.74, 6) is 1.64. The fourth-order valence-electron chi connectivity index (χ4n) is 4.12. The van der Waals surface area contributed by atoms with Crippen molar-refractivity contribution in [2.45, 2.75) is 31.4 Å². The predicted octanol–water partition coefficient (Wildman–Crippen LogP) is 4.26. The largest absolute Gasteiger partial charge is 0.497 e. The molecule has 3 aromatic rings. The van der Waals surface area contributed by atoms with Gasteiger partial charge >= 0.3 is 5.97 Å².